The Morgan fingerprint density at radius 1 is 1.00 bits per heavy atom. The van der Waals surface area contributed by atoms with Crippen LogP contribution in [0.2, 0.25) is 0 Å². The molecule has 0 aliphatic carbocycles. The number of methoxy groups -OCH3 is 1. The fraction of sp³-hybridized carbons (Fsp3) is 0.148. The van der Waals surface area contributed by atoms with E-state index < -0.39 is 18.0 Å². The van der Waals surface area contributed by atoms with Crippen molar-refractivity contribution in [2.24, 2.45) is 0 Å². The van der Waals surface area contributed by atoms with Gasteiger partial charge in [0.2, 0.25) is 6.10 Å². The first kappa shape index (κ1) is 24.1. The number of benzene rings is 3. The molecule has 34 heavy (non-hydrogen) atoms. The van der Waals surface area contributed by atoms with Crippen molar-refractivity contribution in [3.63, 3.8) is 0 Å². The van der Waals surface area contributed by atoms with E-state index in [1.165, 1.54) is 6.08 Å². The van der Waals surface area contributed by atoms with E-state index in [-0.39, 0.29) is 5.57 Å². The van der Waals surface area contributed by atoms with E-state index >= 15 is 0 Å². The zero-order valence-corrected chi connectivity index (χ0v) is 18.9. The SMILES string of the molecule is CCOc1ccccc1NC(=O)C(OC(=O)/C(C#N)=C/c1ccc(OC)cc1)c1ccccc1. The minimum absolute atomic E-state index is 0.242. The molecule has 0 aromatic heterocycles. The number of rotatable bonds is 9. The average Bonchev–Trinajstić information content (AvgIpc) is 2.87. The van der Waals surface area contributed by atoms with Crippen LogP contribution in [0.1, 0.15) is 24.2 Å². The molecule has 1 unspecified atom stereocenters. The van der Waals surface area contributed by atoms with Crippen LogP contribution in [0.4, 0.5) is 5.69 Å². The second kappa shape index (κ2) is 11.9. The van der Waals surface area contributed by atoms with Crippen LogP contribution in [-0.2, 0) is 14.3 Å². The van der Waals surface area contributed by atoms with E-state index in [4.69, 9.17) is 14.2 Å². The fourth-order valence-electron chi connectivity index (χ4n) is 3.12. The molecule has 0 heterocycles. The van der Waals surface area contributed by atoms with Crippen molar-refractivity contribution >= 4 is 23.6 Å². The smallest absolute Gasteiger partial charge is 0.350 e. The Balaban J connectivity index is 1.86. The van der Waals surface area contributed by atoms with Crippen molar-refractivity contribution in [1.29, 1.82) is 5.26 Å². The van der Waals surface area contributed by atoms with Crippen LogP contribution in [0.5, 0.6) is 11.5 Å². The van der Waals surface area contributed by atoms with Gasteiger partial charge in [0.15, 0.2) is 0 Å². The van der Waals surface area contributed by atoms with E-state index in [1.54, 1.807) is 86.0 Å². The number of esters is 1. The maximum absolute atomic E-state index is 13.2. The number of nitriles is 1. The summed E-state index contributed by atoms with van der Waals surface area (Å²) in [4.78, 5) is 26.1. The van der Waals surface area contributed by atoms with Crippen molar-refractivity contribution < 1.29 is 23.8 Å². The highest BCUT2D eigenvalue weighted by molar-refractivity contribution is 6.01. The van der Waals surface area contributed by atoms with Crippen molar-refractivity contribution in [2.45, 2.75) is 13.0 Å². The number of nitrogens with one attached hydrogen (secondary N) is 1. The molecule has 172 valence electrons. The third-order valence-corrected chi connectivity index (χ3v) is 4.78. The summed E-state index contributed by atoms with van der Waals surface area (Å²) in [6.45, 7) is 2.26. The zero-order valence-electron chi connectivity index (χ0n) is 18.9. The highest BCUT2D eigenvalue weighted by atomic mass is 16.5. The van der Waals surface area contributed by atoms with Crippen molar-refractivity contribution in [2.75, 3.05) is 19.0 Å². The number of para-hydroxylation sites is 2. The second-order valence-electron chi connectivity index (χ2n) is 7.06. The number of hydrogen-bond acceptors (Lipinski definition) is 6. The monoisotopic (exact) mass is 456 g/mol. The minimum atomic E-state index is -1.28. The molecule has 3 aromatic rings. The lowest BCUT2D eigenvalue weighted by molar-refractivity contribution is -0.150. The molecule has 0 bridgehead atoms. The molecule has 7 heteroatoms. The maximum atomic E-state index is 13.2. The second-order valence-corrected chi connectivity index (χ2v) is 7.06. The van der Waals surface area contributed by atoms with Gasteiger partial charge in [-0.25, -0.2) is 4.79 Å². The van der Waals surface area contributed by atoms with Gasteiger partial charge in [0, 0.05) is 5.56 Å². The molecule has 0 radical (unpaired) electrons. The number of carbonyl (C=O) groups excluding carboxylic acids is 2. The van der Waals surface area contributed by atoms with Crippen molar-refractivity contribution in [3.8, 4) is 17.6 Å². The molecule has 0 aliphatic rings. The van der Waals surface area contributed by atoms with Crippen LogP contribution < -0.4 is 14.8 Å². The van der Waals surface area contributed by atoms with Crippen LogP contribution in [0, 0.1) is 11.3 Å². The van der Waals surface area contributed by atoms with Crippen LogP contribution in [-0.4, -0.2) is 25.6 Å². The fourth-order valence-corrected chi connectivity index (χ4v) is 3.12. The summed E-state index contributed by atoms with van der Waals surface area (Å²) >= 11 is 0. The summed E-state index contributed by atoms with van der Waals surface area (Å²) in [6, 6.07) is 24.2. The first-order chi connectivity index (χ1) is 16.5. The minimum Gasteiger partial charge on any atom is -0.497 e. The predicted molar refractivity (Wildman–Crippen MR) is 128 cm³/mol. The summed E-state index contributed by atoms with van der Waals surface area (Å²) in [6.07, 6.45) is 0.113. The van der Waals surface area contributed by atoms with Gasteiger partial charge in [-0.1, -0.05) is 54.6 Å². The quantitative estimate of drug-likeness (QED) is 0.279. The predicted octanol–water partition coefficient (Wildman–Crippen LogP) is 4.92. The van der Waals surface area contributed by atoms with Gasteiger partial charge in [-0.05, 0) is 42.8 Å². The van der Waals surface area contributed by atoms with Crippen LogP contribution in [0.3, 0.4) is 0 Å². The first-order valence-electron chi connectivity index (χ1n) is 10.6. The Kier molecular flexibility index (Phi) is 8.42. The maximum Gasteiger partial charge on any atom is 0.350 e. The van der Waals surface area contributed by atoms with Gasteiger partial charge in [-0.3, -0.25) is 4.79 Å². The summed E-state index contributed by atoms with van der Waals surface area (Å²) in [5.41, 5.74) is 1.28. The molecule has 0 spiro atoms. The summed E-state index contributed by atoms with van der Waals surface area (Å²) in [5.74, 6) is -0.353. The van der Waals surface area contributed by atoms with Crippen LogP contribution >= 0.6 is 0 Å². The van der Waals surface area contributed by atoms with E-state index in [1.807, 2.05) is 13.0 Å². The normalized spacial score (nSPS) is 11.6. The molecule has 3 rings (SSSR count). The average molecular weight is 456 g/mol. The number of amides is 1. The summed E-state index contributed by atoms with van der Waals surface area (Å²) < 4.78 is 16.2. The van der Waals surface area contributed by atoms with Crippen molar-refractivity contribution in [1.82, 2.24) is 0 Å². The van der Waals surface area contributed by atoms with Gasteiger partial charge in [0.1, 0.15) is 23.1 Å². The number of nitrogens with zero attached hydrogens (tertiary/aromatic N) is 1. The molecule has 0 saturated carbocycles. The summed E-state index contributed by atoms with van der Waals surface area (Å²) in [5, 5.41) is 12.3. The Bertz CT molecular complexity index is 1200. The van der Waals surface area contributed by atoms with Gasteiger partial charge < -0.3 is 19.5 Å². The third kappa shape index (κ3) is 6.24. The van der Waals surface area contributed by atoms with Gasteiger partial charge in [0.05, 0.1) is 19.4 Å². The Hall–Kier alpha value is -4.57. The molecule has 3 aromatic carbocycles. The number of ether oxygens (including phenoxy) is 3. The van der Waals surface area contributed by atoms with Crippen LogP contribution in [0.25, 0.3) is 6.08 Å². The van der Waals surface area contributed by atoms with Gasteiger partial charge in [-0.2, -0.15) is 5.26 Å². The molecule has 1 atom stereocenters. The van der Waals surface area contributed by atoms with Gasteiger partial charge >= 0.3 is 5.97 Å². The molecular formula is C27H24N2O5. The molecular weight excluding hydrogens is 432 g/mol. The molecule has 0 aliphatic heterocycles. The molecule has 1 N–H and O–H groups in total. The van der Waals surface area contributed by atoms with Crippen LogP contribution in [0.15, 0.2) is 84.4 Å². The number of anilines is 1. The standard InChI is InChI=1S/C27H24N2O5/c1-3-33-24-12-8-7-11-23(24)29-26(30)25(20-9-5-4-6-10-20)34-27(31)21(18-28)17-19-13-15-22(32-2)16-14-19/h4-17,25H,3H2,1-2H3,(H,29,30)/b21-17+. The third-order valence-electron chi connectivity index (χ3n) is 4.78. The topological polar surface area (TPSA) is 97.6 Å². The number of carbonyl (C=O) groups is 2. The lowest BCUT2D eigenvalue weighted by Crippen LogP contribution is -2.26. The largest absolute Gasteiger partial charge is 0.497 e. The van der Waals surface area contributed by atoms with E-state index in [0.29, 0.717) is 34.9 Å². The molecule has 7 nitrogen and oxygen atoms in total. The first-order valence-corrected chi connectivity index (χ1v) is 10.6. The van der Waals surface area contributed by atoms with Crippen molar-refractivity contribution in [3.05, 3.63) is 95.6 Å². The molecule has 0 fully saturated rings. The highest BCUT2D eigenvalue weighted by Gasteiger charge is 2.27. The lowest BCUT2D eigenvalue weighted by Gasteiger charge is -2.19. The van der Waals surface area contributed by atoms with E-state index in [9.17, 15) is 14.9 Å². The van der Waals surface area contributed by atoms with E-state index in [0.717, 1.165) is 0 Å². The number of hydrogen-bond donors (Lipinski definition) is 1. The van der Waals surface area contributed by atoms with E-state index in [2.05, 4.69) is 5.32 Å². The Morgan fingerprint density at radius 2 is 1.68 bits per heavy atom. The zero-order chi connectivity index (χ0) is 24.3. The van der Waals surface area contributed by atoms with Gasteiger partial charge in [-0.15, -0.1) is 0 Å². The summed E-state index contributed by atoms with van der Waals surface area (Å²) in [7, 11) is 1.55. The highest BCUT2D eigenvalue weighted by Crippen LogP contribution is 2.27. The molecule has 1 amide bonds. The Labute approximate surface area is 198 Å². The van der Waals surface area contributed by atoms with Gasteiger partial charge in [0.25, 0.3) is 5.91 Å². The Morgan fingerprint density at radius 3 is 2.32 bits per heavy atom. The molecule has 0 saturated heterocycles. The lowest BCUT2D eigenvalue weighted by atomic mass is 10.1.